The number of nitrogens with one attached hydrogen (secondary N) is 2. The average Bonchev–Trinajstić information content (AvgIpc) is 2.71. The quantitative estimate of drug-likeness (QED) is 0.796. The molecule has 20 heavy (non-hydrogen) atoms. The molecular formula is C13H27Cl2N3O2. The Morgan fingerprint density at radius 1 is 1.30 bits per heavy atom. The number of hydrogen-bond acceptors (Lipinski definition) is 4. The number of rotatable bonds is 4. The molecule has 5 nitrogen and oxygen atoms in total. The van der Waals surface area contributed by atoms with Crippen molar-refractivity contribution in [3.8, 4) is 0 Å². The minimum absolute atomic E-state index is 0. The number of piperidine rings is 1. The third-order valence-electron chi connectivity index (χ3n) is 3.87. The molecule has 2 rings (SSSR count). The lowest BCUT2D eigenvalue weighted by molar-refractivity contribution is -0.127. The van der Waals surface area contributed by atoms with Crippen molar-refractivity contribution in [3.63, 3.8) is 0 Å². The van der Waals surface area contributed by atoms with E-state index in [1.807, 2.05) is 6.92 Å². The fourth-order valence-electron chi connectivity index (χ4n) is 2.87. The van der Waals surface area contributed by atoms with Crippen molar-refractivity contribution in [2.24, 2.45) is 5.92 Å². The van der Waals surface area contributed by atoms with Crippen molar-refractivity contribution in [2.75, 3.05) is 39.8 Å². The fraction of sp³-hybridized carbons (Fsp3) is 0.923. The second-order valence-corrected chi connectivity index (χ2v) is 5.35. The van der Waals surface area contributed by atoms with Gasteiger partial charge in [0.15, 0.2) is 0 Å². The van der Waals surface area contributed by atoms with E-state index < -0.39 is 0 Å². The number of halogens is 2. The maximum atomic E-state index is 12.2. The summed E-state index contributed by atoms with van der Waals surface area (Å²) in [6, 6.07) is 0.150. The highest BCUT2D eigenvalue weighted by atomic mass is 35.5. The van der Waals surface area contributed by atoms with Crippen LogP contribution in [0.2, 0.25) is 0 Å². The summed E-state index contributed by atoms with van der Waals surface area (Å²) in [5.74, 6) is 0.390. The summed E-state index contributed by atoms with van der Waals surface area (Å²) in [7, 11) is 2.07. The van der Waals surface area contributed by atoms with Crippen LogP contribution in [0.15, 0.2) is 0 Å². The molecule has 0 aromatic heterocycles. The molecule has 1 amide bonds. The zero-order valence-electron chi connectivity index (χ0n) is 12.3. The van der Waals surface area contributed by atoms with Gasteiger partial charge in [-0.1, -0.05) is 0 Å². The number of nitrogens with zero attached hydrogens (tertiary/aromatic N) is 1. The van der Waals surface area contributed by atoms with Crippen LogP contribution in [-0.4, -0.2) is 62.8 Å². The molecular weight excluding hydrogens is 301 g/mol. The smallest absolute Gasteiger partial charge is 0.223 e. The SMILES string of the molecule is CCO[C@H]1CN(C)C[C@@H]1NC(=O)C1CCNCC1.Cl.Cl. The lowest BCUT2D eigenvalue weighted by Gasteiger charge is -2.25. The van der Waals surface area contributed by atoms with E-state index in [4.69, 9.17) is 4.74 Å². The largest absolute Gasteiger partial charge is 0.375 e. The number of amides is 1. The van der Waals surface area contributed by atoms with E-state index in [9.17, 15) is 4.79 Å². The lowest BCUT2D eigenvalue weighted by Crippen LogP contribution is -2.48. The summed E-state index contributed by atoms with van der Waals surface area (Å²) in [5.41, 5.74) is 0. The molecule has 0 radical (unpaired) electrons. The summed E-state index contributed by atoms with van der Waals surface area (Å²) in [4.78, 5) is 14.4. The number of ether oxygens (including phenoxy) is 1. The van der Waals surface area contributed by atoms with Crippen LogP contribution in [0.25, 0.3) is 0 Å². The second-order valence-electron chi connectivity index (χ2n) is 5.35. The van der Waals surface area contributed by atoms with Gasteiger partial charge in [-0.15, -0.1) is 24.8 Å². The normalized spacial score (nSPS) is 27.5. The molecule has 2 fully saturated rings. The summed E-state index contributed by atoms with van der Waals surface area (Å²) in [6.07, 6.45) is 2.05. The molecule has 0 bridgehead atoms. The Bertz CT molecular complexity index is 289. The molecule has 0 spiro atoms. The van der Waals surface area contributed by atoms with Crippen LogP contribution in [0.4, 0.5) is 0 Å². The molecule has 0 aliphatic carbocycles. The van der Waals surface area contributed by atoms with Gasteiger partial charge in [0.1, 0.15) is 0 Å². The van der Waals surface area contributed by atoms with Gasteiger partial charge in [0.2, 0.25) is 5.91 Å². The van der Waals surface area contributed by atoms with Crippen molar-refractivity contribution < 1.29 is 9.53 Å². The molecule has 2 aliphatic rings. The number of carbonyl (C=O) groups excluding carboxylic acids is 1. The Kier molecular flexibility index (Phi) is 9.76. The van der Waals surface area contributed by atoms with Crippen molar-refractivity contribution in [1.82, 2.24) is 15.5 Å². The minimum atomic E-state index is 0. The Balaban J connectivity index is 0.00000180. The standard InChI is InChI=1S/C13H25N3O2.2ClH/c1-3-18-12-9-16(2)8-11(12)15-13(17)10-4-6-14-7-5-10;;/h10-12,14H,3-9H2,1-2H3,(H,15,17);2*1H/t11-,12-;;/m0../s1. The molecule has 7 heteroatoms. The van der Waals surface area contributed by atoms with Gasteiger partial charge in [-0.2, -0.15) is 0 Å². The maximum Gasteiger partial charge on any atom is 0.223 e. The van der Waals surface area contributed by atoms with Crippen LogP contribution in [-0.2, 0) is 9.53 Å². The first-order valence-electron chi connectivity index (χ1n) is 7.02. The van der Waals surface area contributed by atoms with Crippen molar-refractivity contribution in [2.45, 2.75) is 31.9 Å². The fourth-order valence-corrected chi connectivity index (χ4v) is 2.87. The van der Waals surface area contributed by atoms with Gasteiger partial charge < -0.3 is 20.3 Å². The zero-order chi connectivity index (χ0) is 13.0. The second kappa shape index (κ2) is 9.79. The molecule has 0 aromatic carbocycles. The average molecular weight is 328 g/mol. The van der Waals surface area contributed by atoms with E-state index in [-0.39, 0.29) is 48.8 Å². The summed E-state index contributed by atoms with van der Waals surface area (Å²) in [5, 5.41) is 6.47. The molecule has 0 saturated carbocycles. The van der Waals surface area contributed by atoms with Crippen LogP contribution in [0.1, 0.15) is 19.8 Å². The third-order valence-corrected chi connectivity index (χ3v) is 3.87. The molecule has 2 N–H and O–H groups in total. The highest BCUT2D eigenvalue weighted by molar-refractivity contribution is 5.85. The highest BCUT2D eigenvalue weighted by Crippen LogP contribution is 2.16. The minimum Gasteiger partial charge on any atom is -0.375 e. The lowest BCUT2D eigenvalue weighted by atomic mass is 9.97. The molecule has 2 heterocycles. The van der Waals surface area contributed by atoms with Gasteiger partial charge in [0.05, 0.1) is 12.1 Å². The van der Waals surface area contributed by atoms with E-state index in [0.29, 0.717) is 6.61 Å². The predicted octanol–water partition coefficient (Wildman–Crippen LogP) is 0.665. The van der Waals surface area contributed by atoms with Crippen molar-refractivity contribution in [3.05, 3.63) is 0 Å². The van der Waals surface area contributed by atoms with Crippen LogP contribution in [0.5, 0.6) is 0 Å². The number of hydrogen-bond donors (Lipinski definition) is 2. The predicted molar refractivity (Wildman–Crippen MR) is 84.9 cm³/mol. The van der Waals surface area contributed by atoms with Crippen molar-refractivity contribution >= 4 is 30.7 Å². The number of likely N-dealkylation sites (tertiary alicyclic amines) is 1. The first-order valence-corrected chi connectivity index (χ1v) is 7.02. The van der Waals surface area contributed by atoms with Gasteiger partial charge in [-0.3, -0.25) is 4.79 Å². The third kappa shape index (κ3) is 5.37. The van der Waals surface area contributed by atoms with Gasteiger partial charge in [-0.05, 0) is 39.9 Å². The number of likely N-dealkylation sites (N-methyl/N-ethyl adjacent to an activating group) is 1. The Labute approximate surface area is 134 Å². The van der Waals surface area contributed by atoms with E-state index in [0.717, 1.165) is 39.0 Å². The van der Waals surface area contributed by atoms with Crippen LogP contribution in [0.3, 0.4) is 0 Å². The van der Waals surface area contributed by atoms with Crippen LogP contribution < -0.4 is 10.6 Å². The first-order chi connectivity index (χ1) is 8.70. The zero-order valence-corrected chi connectivity index (χ0v) is 13.9. The van der Waals surface area contributed by atoms with Gasteiger partial charge >= 0.3 is 0 Å². The summed E-state index contributed by atoms with van der Waals surface area (Å²) < 4.78 is 5.71. The first kappa shape index (κ1) is 19.9. The van der Waals surface area contributed by atoms with E-state index in [2.05, 4.69) is 22.6 Å². The van der Waals surface area contributed by atoms with Crippen LogP contribution >= 0.6 is 24.8 Å². The van der Waals surface area contributed by atoms with Crippen LogP contribution in [0, 0.1) is 5.92 Å². The Morgan fingerprint density at radius 2 is 1.95 bits per heavy atom. The summed E-state index contributed by atoms with van der Waals surface area (Å²) >= 11 is 0. The van der Waals surface area contributed by atoms with E-state index >= 15 is 0 Å². The Morgan fingerprint density at radius 3 is 2.55 bits per heavy atom. The van der Waals surface area contributed by atoms with Crippen molar-refractivity contribution in [1.29, 1.82) is 0 Å². The molecule has 2 atom stereocenters. The molecule has 0 unspecified atom stereocenters. The monoisotopic (exact) mass is 327 g/mol. The summed E-state index contributed by atoms with van der Waals surface area (Å²) in [6.45, 7) is 6.42. The van der Waals surface area contributed by atoms with Gasteiger partial charge in [0, 0.05) is 25.6 Å². The highest BCUT2D eigenvalue weighted by Gasteiger charge is 2.34. The molecule has 120 valence electrons. The van der Waals surface area contributed by atoms with Gasteiger partial charge in [0.25, 0.3) is 0 Å². The van der Waals surface area contributed by atoms with E-state index in [1.165, 1.54) is 0 Å². The molecule has 2 aliphatic heterocycles. The molecule has 2 saturated heterocycles. The van der Waals surface area contributed by atoms with E-state index in [1.54, 1.807) is 0 Å². The topological polar surface area (TPSA) is 53.6 Å². The number of carbonyl (C=O) groups is 1. The maximum absolute atomic E-state index is 12.2. The van der Waals surface area contributed by atoms with Gasteiger partial charge in [-0.25, -0.2) is 0 Å². The Hall–Kier alpha value is -0.0700. The molecule has 0 aromatic rings.